The fourth-order valence-electron chi connectivity index (χ4n) is 4.72. The van der Waals surface area contributed by atoms with Gasteiger partial charge in [-0.05, 0) is 29.7 Å². The van der Waals surface area contributed by atoms with Crippen LogP contribution in [0.2, 0.25) is 0 Å². The van der Waals surface area contributed by atoms with Gasteiger partial charge in [-0.25, -0.2) is 4.79 Å². The number of carbonyl (C=O) groups excluding carboxylic acids is 1. The van der Waals surface area contributed by atoms with E-state index in [2.05, 4.69) is 10.3 Å². The molecule has 5 rings (SSSR count). The van der Waals surface area contributed by atoms with Crippen molar-refractivity contribution in [1.29, 1.82) is 0 Å². The first-order valence-electron chi connectivity index (χ1n) is 12.2. The zero-order valence-corrected chi connectivity index (χ0v) is 21.2. The number of benzene rings is 2. The van der Waals surface area contributed by atoms with Gasteiger partial charge in [-0.15, -0.1) is 0 Å². The van der Waals surface area contributed by atoms with Crippen molar-refractivity contribution in [2.45, 2.75) is 33.9 Å². The maximum Gasteiger partial charge on any atom is 0.332 e. The number of carbonyl (C=O) groups is 1. The van der Waals surface area contributed by atoms with Gasteiger partial charge in [0, 0.05) is 37.7 Å². The van der Waals surface area contributed by atoms with Gasteiger partial charge in [-0.1, -0.05) is 50.2 Å². The summed E-state index contributed by atoms with van der Waals surface area (Å²) in [4.78, 5) is 43.2. The molecule has 1 amide bonds. The highest BCUT2D eigenvalue weighted by Gasteiger charge is 2.24. The maximum atomic E-state index is 13.6. The molecule has 0 aliphatic carbocycles. The molecule has 0 radical (unpaired) electrons. The van der Waals surface area contributed by atoms with Gasteiger partial charge in [0.25, 0.3) is 5.56 Å². The topological polar surface area (TPSA) is 104 Å². The minimum atomic E-state index is -0.432. The Morgan fingerprint density at radius 1 is 1.03 bits per heavy atom. The zero-order chi connectivity index (χ0) is 26.3. The fourth-order valence-corrected chi connectivity index (χ4v) is 4.72. The molecule has 0 bridgehead atoms. The summed E-state index contributed by atoms with van der Waals surface area (Å²) in [5.74, 6) is -0.0737. The molecule has 1 N–H and O–H groups in total. The summed E-state index contributed by atoms with van der Waals surface area (Å²) < 4.78 is 4.45. The first kappa shape index (κ1) is 24.2. The van der Waals surface area contributed by atoms with Gasteiger partial charge in [0.15, 0.2) is 5.65 Å². The van der Waals surface area contributed by atoms with Gasteiger partial charge in [-0.3, -0.25) is 28.4 Å². The van der Waals surface area contributed by atoms with E-state index in [9.17, 15) is 14.4 Å². The first-order valence-corrected chi connectivity index (χ1v) is 12.2. The number of fused-ring (bicyclic) bond motifs is 2. The number of hydrogen-bond acceptors (Lipinski definition) is 5. The van der Waals surface area contributed by atoms with Crippen molar-refractivity contribution in [2.24, 2.45) is 13.0 Å². The van der Waals surface area contributed by atoms with Crippen LogP contribution in [0.5, 0.6) is 0 Å². The average molecular weight is 497 g/mol. The summed E-state index contributed by atoms with van der Waals surface area (Å²) in [6.45, 7) is 6.20. The Morgan fingerprint density at radius 2 is 1.76 bits per heavy atom. The van der Waals surface area contributed by atoms with E-state index in [0.29, 0.717) is 41.1 Å². The Kier molecular flexibility index (Phi) is 6.20. The Bertz CT molecular complexity index is 1770. The Labute approximate surface area is 213 Å². The Balaban J connectivity index is 1.87. The standard InChI is InChI=1S/C28H28N6O3/c1-17(2)15-33-26-24(27(36)32(4)28(33)37)25(21-10-6-8-12-23(21)30-18(3)35)34(31-26)16-19-13-14-29-22-11-7-5-9-20(19)22/h5-14,17H,15-16H2,1-4H3,(H,30,35). The van der Waals surface area contributed by atoms with Crippen molar-refractivity contribution < 1.29 is 4.79 Å². The van der Waals surface area contributed by atoms with Crippen LogP contribution in [0.15, 0.2) is 70.4 Å². The van der Waals surface area contributed by atoms with E-state index in [-0.39, 0.29) is 11.8 Å². The molecule has 9 heteroatoms. The quantitative estimate of drug-likeness (QED) is 0.385. The highest BCUT2D eigenvalue weighted by molar-refractivity contribution is 5.99. The van der Waals surface area contributed by atoms with Crippen molar-refractivity contribution in [3.05, 3.63) is 87.2 Å². The fraction of sp³-hybridized carbons (Fsp3) is 0.250. The van der Waals surface area contributed by atoms with Crippen LogP contribution in [-0.2, 0) is 24.9 Å². The minimum absolute atomic E-state index is 0.155. The maximum absolute atomic E-state index is 13.6. The molecular weight excluding hydrogens is 468 g/mol. The Morgan fingerprint density at radius 3 is 2.51 bits per heavy atom. The summed E-state index contributed by atoms with van der Waals surface area (Å²) >= 11 is 0. The van der Waals surface area contributed by atoms with Crippen molar-refractivity contribution in [3.63, 3.8) is 0 Å². The number of hydrogen-bond donors (Lipinski definition) is 1. The van der Waals surface area contributed by atoms with Crippen LogP contribution in [0.3, 0.4) is 0 Å². The molecule has 0 aliphatic rings. The monoisotopic (exact) mass is 496 g/mol. The normalized spacial score (nSPS) is 11.5. The summed E-state index contributed by atoms with van der Waals surface area (Å²) in [6, 6.07) is 17.1. The second-order valence-electron chi connectivity index (χ2n) is 9.57. The van der Waals surface area contributed by atoms with E-state index in [4.69, 9.17) is 5.10 Å². The first-order chi connectivity index (χ1) is 17.8. The summed E-state index contributed by atoms with van der Waals surface area (Å²) in [5.41, 5.74) is 3.04. The number of para-hydroxylation sites is 2. The Hall–Kier alpha value is -4.53. The number of aromatic nitrogens is 5. The smallest absolute Gasteiger partial charge is 0.326 e. The van der Waals surface area contributed by atoms with Crippen LogP contribution in [-0.4, -0.2) is 29.8 Å². The molecule has 37 heavy (non-hydrogen) atoms. The summed E-state index contributed by atoms with van der Waals surface area (Å²) in [7, 11) is 1.48. The molecule has 0 saturated carbocycles. The molecule has 0 unspecified atom stereocenters. The molecule has 9 nitrogen and oxygen atoms in total. The molecule has 0 aliphatic heterocycles. The number of nitrogens with zero attached hydrogens (tertiary/aromatic N) is 5. The average Bonchev–Trinajstić information content (AvgIpc) is 3.24. The van der Waals surface area contributed by atoms with Crippen molar-refractivity contribution >= 4 is 33.5 Å². The van der Waals surface area contributed by atoms with Crippen molar-refractivity contribution in [2.75, 3.05) is 5.32 Å². The highest BCUT2D eigenvalue weighted by atomic mass is 16.2. The van der Waals surface area contributed by atoms with Crippen molar-refractivity contribution in [3.8, 4) is 11.3 Å². The van der Waals surface area contributed by atoms with Gasteiger partial charge in [0.05, 0.1) is 23.4 Å². The predicted molar refractivity (Wildman–Crippen MR) is 145 cm³/mol. The number of pyridine rings is 1. The molecule has 0 spiro atoms. The van der Waals surface area contributed by atoms with Crippen LogP contribution >= 0.6 is 0 Å². The van der Waals surface area contributed by atoms with Gasteiger partial charge >= 0.3 is 5.69 Å². The molecule has 3 heterocycles. The van der Waals surface area contributed by atoms with E-state index in [1.165, 1.54) is 14.0 Å². The summed E-state index contributed by atoms with van der Waals surface area (Å²) in [6.07, 6.45) is 1.75. The van der Waals surface area contributed by atoms with Crippen molar-refractivity contribution in [1.82, 2.24) is 23.9 Å². The third-order valence-corrected chi connectivity index (χ3v) is 6.33. The molecule has 5 aromatic rings. The van der Waals surface area contributed by atoms with E-state index in [0.717, 1.165) is 21.0 Å². The number of rotatable bonds is 6. The van der Waals surface area contributed by atoms with E-state index < -0.39 is 11.2 Å². The third-order valence-electron chi connectivity index (χ3n) is 6.33. The van der Waals surface area contributed by atoms with Crippen LogP contribution in [0.1, 0.15) is 26.3 Å². The molecule has 188 valence electrons. The van der Waals surface area contributed by atoms with Gasteiger partial charge in [0.2, 0.25) is 5.91 Å². The third kappa shape index (κ3) is 4.33. The number of anilines is 1. The molecule has 3 aromatic heterocycles. The molecule has 2 aromatic carbocycles. The second-order valence-corrected chi connectivity index (χ2v) is 9.57. The lowest BCUT2D eigenvalue weighted by atomic mass is 10.1. The van der Waals surface area contributed by atoms with Crippen LogP contribution in [0.4, 0.5) is 5.69 Å². The minimum Gasteiger partial charge on any atom is -0.326 e. The second kappa shape index (κ2) is 9.50. The zero-order valence-electron chi connectivity index (χ0n) is 21.2. The van der Waals surface area contributed by atoms with E-state index in [1.54, 1.807) is 21.5 Å². The lowest BCUT2D eigenvalue weighted by Gasteiger charge is -2.14. The van der Waals surface area contributed by atoms with Gasteiger partial charge in [-0.2, -0.15) is 5.10 Å². The van der Waals surface area contributed by atoms with Crippen LogP contribution < -0.4 is 16.6 Å². The SMILES string of the molecule is CC(=O)Nc1ccccc1-c1c2c(=O)n(C)c(=O)n(CC(C)C)c2nn1Cc1ccnc2ccccc12. The predicted octanol–water partition coefficient (Wildman–Crippen LogP) is 3.77. The van der Waals surface area contributed by atoms with Crippen LogP contribution in [0.25, 0.3) is 33.2 Å². The molecule has 0 saturated heterocycles. The number of amides is 1. The highest BCUT2D eigenvalue weighted by Crippen LogP contribution is 2.33. The lowest BCUT2D eigenvalue weighted by Crippen LogP contribution is -2.38. The number of nitrogens with one attached hydrogen (secondary N) is 1. The van der Waals surface area contributed by atoms with Gasteiger partial charge in [0.1, 0.15) is 5.39 Å². The molecule has 0 fully saturated rings. The van der Waals surface area contributed by atoms with Gasteiger partial charge < -0.3 is 5.32 Å². The van der Waals surface area contributed by atoms with E-state index in [1.807, 2.05) is 62.4 Å². The summed E-state index contributed by atoms with van der Waals surface area (Å²) in [5, 5.41) is 9.04. The molecule has 0 atom stereocenters. The lowest BCUT2D eigenvalue weighted by molar-refractivity contribution is -0.114. The van der Waals surface area contributed by atoms with E-state index >= 15 is 0 Å². The molecular formula is C28H28N6O3. The largest absolute Gasteiger partial charge is 0.332 e. The van der Waals surface area contributed by atoms with Crippen LogP contribution in [0, 0.1) is 5.92 Å².